The molecule has 3 rings (SSSR count). The minimum absolute atomic E-state index is 0.0729. The van der Waals surface area contributed by atoms with Gasteiger partial charge in [-0.15, -0.1) is 0 Å². The van der Waals surface area contributed by atoms with E-state index >= 15 is 0 Å². The van der Waals surface area contributed by atoms with Crippen LogP contribution in [0.1, 0.15) is 35.7 Å². The summed E-state index contributed by atoms with van der Waals surface area (Å²) in [6.07, 6.45) is 1.74. The van der Waals surface area contributed by atoms with Gasteiger partial charge in [0.2, 0.25) is 15.9 Å². The van der Waals surface area contributed by atoms with E-state index in [0.29, 0.717) is 30.9 Å². The van der Waals surface area contributed by atoms with Gasteiger partial charge in [0.05, 0.1) is 9.82 Å². The van der Waals surface area contributed by atoms with Gasteiger partial charge in [0.15, 0.2) is 0 Å². The van der Waals surface area contributed by atoms with Crippen LogP contribution in [0.3, 0.4) is 0 Å². The lowest BCUT2D eigenvalue weighted by atomic mass is 10.0. The zero-order valence-electron chi connectivity index (χ0n) is 17.5. The maximum atomic E-state index is 13.0. The van der Waals surface area contributed by atoms with Crippen LogP contribution in [0.4, 0.5) is 11.4 Å². The third-order valence-electron chi connectivity index (χ3n) is 5.47. The largest absolute Gasteiger partial charge is 0.366 e. The predicted octanol–water partition coefficient (Wildman–Crippen LogP) is 2.75. The summed E-state index contributed by atoms with van der Waals surface area (Å²) in [5.74, 6) is -0.277. The van der Waals surface area contributed by atoms with Gasteiger partial charge in [-0.25, -0.2) is 8.42 Å². The van der Waals surface area contributed by atoms with Crippen molar-refractivity contribution >= 4 is 27.3 Å². The van der Waals surface area contributed by atoms with E-state index in [9.17, 15) is 23.3 Å². The number of benzene rings is 2. The number of amides is 1. The average Bonchev–Trinajstić information content (AvgIpc) is 2.73. The molecule has 1 atom stereocenters. The SMILES string of the molecule is CC1CCCN(S(=O)(=O)c2ccc(N(C)Cc3ccc(C(N)=O)cc3)c([N+](=O)[O-])c2)C1. The van der Waals surface area contributed by atoms with E-state index in [2.05, 4.69) is 0 Å². The van der Waals surface area contributed by atoms with Gasteiger partial charge < -0.3 is 10.6 Å². The van der Waals surface area contributed by atoms with Crippen LogP contribution in [-0.4, -0.2) is 43.7 Å². The molecule has 2 N–H and O–H groups in total. The highest BCUT2D eigenvalue weighted by Crippen LogP contribution is 2.33. The van der Waals surface area contributed by atoms with E-state index < -0.39 is 20.9 Å². The fourth-order valence-corrected chi connectivity index (χ4v) is 5.40. The quantitative estimate of drug-likeness (QED) is 0.515. The van der Waals surface area contributed by atoms with E-state index in [4.69, 9.17) is 5.73 Å². The van der Waals surface area contributed by atoms with E-state index in [1.807, 2.05) is 6.92 Å². The van der Waals surface area contributed by atoms with E-state index in [1.54, 1.807) is 36.2 Å². The Morgan fingerprint density at radius 3 is 2.52 bits per heavy atom. The Labute approximate surface area is 181 Å². The summed E-state index contributed by atoms with van der Waals surface area (Å²) in [7, 11) is -2.11. The second kappa shape index (κ2) is 9.03. The van der Waals surface area contributed by atoms with Crippen LogP contribution in [0.5, 0.6) is 0 Å². The minimum atomic E-state index is -3.80. The monoisotopic (exact) mass is 446 g/mol. The van der Waals surface area contributed by atoms with Gasteiger partial charge in [-0.1, -0.05) is 19.1 Å². The maximum Gasteiger partial charge on any atom is 0.293 e. The van der Waals surface area contributed by atoms with Crippen LogP contribution in [-0.2, 0) is 16.6 Å². The fraction of sp³-hybridized carbons (Fsp3) is 0.381. The van der Waals surface area contributed by atoms with Crippen molar-refractivity contribution in [2.24, 2.45) is 11.7 Å². The standard InChI is InChI=1S/C21H26N4O5S/c1-15-4-3-11-24(13-15)31(29,30)18-9-10-19(20(12-18)25(27)28)23(2)14-16-5-7-17(8-6-16)21(22)26/h5-10,12,15H,3-4,11,13-14H2,1-2H3,(H2,22,26). The summed E-state index contributed by atoms with van der Waals surface area (Å²) in [6.45, 7) is 3.16. The first kappa shape index (κ1) is 22.7. The molecule has 1 aliphatic rings. The molecule has 1 aliphatic heterocycles. The van der Waals surface area contributed by atoms with Crippen LogP contribution in [0, 0.1) is 16.0 Å². The molecule has 0 radical (unpaired) electrons. The molecule has 166 valence electrons. The second-order valence-electron chi connectivity index (χ2n) is 7.94. The summed E-state index contributed by atoms with van der Waals surface area (Å²) in [5.41, 5.74) is 6.46. The number of nitro groups is 1. The Bertz CT molecular complexity index is 1090. The van der Waals surface area contributed by atoms with Gasteiger partial charge in [-0.2, -0.15) is 4.31 Å². The van der Waals surface area contributed by atoms with Crippen LogP contribution in [0.25, 0.3) is 0 Å². The molecule has 2 aromatic rings. The topological polar surface area (TPSA) is 127 Å². The number of piperidine rings is 1. The van der Waals surface area contributed by atoms with Crippen molar-refractivity contribution in [3.8, 4) is 0 Å². The second-order valence-corrected chi connectivity index (χ2v) is 9.87. The summed E-state index contributed by atoms with van der Waals surface area (Å²) >= 11 is 0. The molecule has 0 saturated carbocycles. The predicted molar refractivity (Wildman–Crippen MR) is 117 cm³/mol. The number of anilines is 1. The molecular formula is C21H26N4O5S. The third kappa shape index (κ3) is 5.02. The van der Waals surface area contributed by atoms with Gasteiger partial charge in [0.1, 0.15) is 5.69 Å². The van der Waals surface area contributed by atoms with Crippen molar-refractivity contribution in [1.29, 1.82) is 0 Å². The number of nitrogens with zero attached hydrogens (tertiary/aromatic N) is 3. The number of primary amides is 1. The van der Waals surface area contributed by atoms with E-state index in [1.165, 1.54) is 16.4 Å². The molecule has 0 aromatic heterocycles. The Balaban J connectivity index is 1.87. The molecule has 0 bridgehead atoms. The number of carbonyl (C=O) groups is 1. The van der Waals surface area contributed by atoms with E-state index in [-0.39, 0.29) is 16.5 Å². The molecule has 1 amide bonds. The van der Waals surface area contributed by atoms with Gasteiger partial charge in [-0.05, 0) is 48.6 Å². The number of nitrogens with two attached hydrogens (primary N) is 1. The van der Waals surface area contributed by atoms with Crippen molar-refractivity contribution in [1.82, 2.24) is 4.31 Å². The van der Waals surface area contributed by atoms with Crippen LogP contribution < -0.4 is 10.6 Å². The molecular weight excluding hydrogens is 420 g/mol. The first-order chi connectivity index (χ1) is 14.6. The summed E-state index contributed by atoms with van der Waals surface area (Å²) in [6, 6.07) is 10.7. The molecule has 2 aromatic carbocycles. The average molecular weight is 447 g/mol. The van der Waals surface area contributed by atoms with Crippen molar-refractivity contribution in [2.75, 3.05) is 25.0 Å². The Morgan fingerprint density at radius 1 is 1.26 bits per heavy atom. The summed E-state index contributed by atoms with van der Waals surface area (Å²) < 4.78 is 27.4. The molecule has 0 aliphatic carbocycles. The number of nitro benzene ring substituents is 1. The molecule has 9 nitrogen and oxygen atoms in total. The Morgan fingerprint density at radius 2 is 1.94 bits per heavy atom. The lowest BCUT2D eigenvalue weighted by molar-refractivity contribution is -0.384. The number of hydrogen-bond donors (Lipinski definition) is 1. The lowest BCUT2D eigenvalue weighted by Crippen LogP contribution is -2.39. The molecule has 1 fully saturated rings. The highest BCUT2D eigenvalue weighted by Gasteiger charge is 2.31. The molecule has 1 unspecified atom stereocenters. The highest BCUT2D eigenvalue weighted by atomic mass is 32.2. The third-order valence-corrected chi connectivity index (χ3v) is 7.33. The maximum absolute atomic E-state index is 13.0. The van der Waals surface area contributed by atoms with Gasteiger partial charge in [0.25, 0.3) is 5.69 Å². The smallest absolute Gasteiger partial charge is 0.293 e. The normalized spacial score (nSPS) is 17.3. The molecule has 1 heterocycles. The lowest BCUT2D eigenvalue weighted by Gasteiger charge is -2.30. The van der Waals surface area contributed by atoms with Gasteiger partial charge in [0, 0.05) is 38.3 Å². The Kier molecular flexibility index (Phi) is 6.61. The Hall–Kier alpha value is -2.98. The van der Waals surface area contributed by atoms with Crippen LogP contribution in [0.15, 0.2) is 47.4 Å². The van der Waals surface area contributed by atoms with Crippen LogP contribution >= 0.6 is 0 Å². The highest BCUT2D eigenvalue weighted by molar-refractivity contribution is 7.89. The fourth-order valence-electron chi connectivity index (χ4n) is 3.78. The van der Waals surface area contributed by atoms with Crippen molar-refractivity contribution in [3.63, 3.8) is 0 Å². The first-order valence-corrected chi connectivity index (χ1v) is 11.4. The molecule has 1 saturated heterocycles. The minimum Gasteiger partial charge on any atom is -0.366 e. The molecule has 31 heavy (non-hydrogen) atoms. The molecule has 0 spiro atoms. The van der Waals surface area contributed by atoms with Gasteiger partial charge >= 0.3 is 0 Å². The number of sulfonamides is 1. The number of rotatable bonds is 7. The summed E-state index contributed by atoms with van der Waals surface area (Å²) in [4.78, 5) is 24.0. The zero-order valence-corrected chi connectivity index (χ0v) is 18.3. The van der Waals surface area contributed by atoms with Gasteiger partial charge in [-0.3, -0.25) is 14.9 Å². The van der Waals surface area contributed by atoms with Crippen molar-refractivity contribution in [2.45, 2.75) is 31.2 Å². The zero-order chi connectivity index (χ0) is 22.8. The van der Waals surface area contributed by atoms with Crippen molar-refractivity contribution < 1.29 is 18.1 Å². The summed E-state index contributed by atoms with van der Waals surface area (Å²) in [5, 5.41) is 11.7. The van der Waals surface area contributed by atoms with E-state index in [0.717, 1.165) is 24.5 Å². The van der Waals surface area contributed by atoms with Crippen molar-refractivity contribution in [3.05, 3.63) is 63.7 Å². The van der Waals surface area contributed by atoms with Crippen LogP contribution in [0.2, 0.25) is 0 Å². The number of carbonyl (C=O) groups excluding carboxylic acids is 1. The number of hydrogen-bond acceptors (Lipinski definition) is 6. The first-order valence-electron chi connectivity index (χ1n) is 9.98. The molecule has 10 heteroatoms.